The second-order valence-corrected chi connectivity index (χ2v) is 5.10. The van der Waals surface area contributed by atoms with Crippen LogP contribution >= 0.6 is 0 Å². The van der Waals surface area contributed by atoms with Crippen molar-refractivity contribution >= 4 is 12.9 Å². The van der Waals surface area contributed by atoms with Gasteiger partial charge in [-0.05, 0) is 18.4 Å². The van der Waals surface area contributed by atoms with Crippen LogP contribution in [-0.4, -0.2) is 12.5 Å². The topological polar surface area (TPSA) is 20.2 Å². The molecule has 0 saturated heterocycles. The Morgan fingerprint density at radius 3 is 1.94 bits per heavy atom. The Kier molecular flexibility index (Phi) is 8.67. The minimum absolute atomic E-state index is 0.884. The first-order valence-electron chi connectivity index (χ1n) is 7.43. The van der Waals surface area contributed by atoms with E-state index >= 15 is 0 Å². The SMILES string of the molecule is CCCCCCCCCCc1ccc([B]O)cc1. The number of benzene rings is 1. The van der Waals surface area contributed by atoms with Crippen LogP contribution in [0, 0.1) is 0 Å². The smallest absolute Gasteiger partial charge is 0.326 e. The quantitative estimate of drug-likeness (QED) is 0.493. The van der Waals surface area contributed by atoms with E-state index in [-0.39, 0.29) is 0 Å². The molecule has 1 aromatic rings. The molecule has 0 amide bonds. The van der Waals surface area contributed by atoms with Crippen LogP contribution in [0.25, 0.3) is 0 Å². The largest absolute Gasteiger partial charge is 0.450 e. The van der Waals surface area contributed by atoms with Crippen molar-refractivity contribution in [1.29, 1.82) is 0 Å². The summed E-state index contributed by atoms with van der Waals surface area (Å²) < 4.78 is 0. The Morgan fingerprint density at radius 2 is 1.39 bits per heavy atom. The fraction of sp³-hybridized carbons (Fsp3) is 0.625. The van der Waals surface area contributed by atoms with Crippen molar-refractivity contribution < 1.29 is 5.02 Å². The molecule has 0 saturated carbocycles. The highest BCUT2D eigenvalue weighted by Gasteiger charge is 1.96. The highest BCUT2D eigenvalue weighted by Crippen LogP contribution is 2.10. The van der Waals surface area contributed by atoms with Crippen molar-refractivity contribution in [2.75, 3.05) is 0 Å². The summed E-state index contributed by atoms with van der Waals surface area (Å²) in [5.41, 5.74) is 2.27. The van der Waals surface area contributed by atoms with E-state index < -0.39 is 0 Å². The first-order chi connectivity index (χ1) is 8.86. The lowest BCUT2D eigenvalue weighted by molar-refractivity contribution is 0.575. The maximum absolute atomic E-state index is 8.84. The van der Waals surface area contributed by atoms with E-state index in [9.17, 15) is 0 Å². The molecule has 1 nitrogen and oxygen atoms in total. The van der Waals surface area contributed by atoms with Gasteiger partial charge in [-0.3, -0.25) is 0 Å². The van der Waals surface area contributed by atoms with E-state index in [4.69, 9.17) is 5.02 Å². The summed E-state index contributed by atoms with van der Waals surface area (Å²) in [6.45, 7) is 2.26. The molecule has 0 bridgehead atoms. The van der Waals surface area contributed by atoms with Gasteiger partial charge in [0.2, 0.25) is 0 Å². The van der Waals surface area contributed by atoms with E-state index in [1.807, 2.05) is 12.1 Å². The molecule has 1 rings (SSSR count). The van der Waals surface area contributed by atoms with Crippen LogP contribution < -0.4 is 5.46 Å². The number of rotatable bonds is 10. The average molecular weight is 245 g/mol. The molecule has 0 unspecified atom stereocenters. The standard InChI is InChI=1S/C16H26BO/c1-2-3-4-5-6-7-8-9-10-15-11-13-16(17-18)14-12-15/h11-14,18H,2-10H2,1H3. The van der Waals surface area contributed by atoms with Crippen LogP contribution in [0.15, 0.2) is 24.3 Å². The lowest BCUT2D eigenvalue weighted by Crippen LogP contribution is -2.12. The van der Waals surface area contributed by atoms with E-state index in [0.717, 1.165) is 12.9 Å². The zero-order valence-electron chi connectivity index (χ0n) is 11.7. The van der Waals surface area contributed by atoms with Gasteiger partial charge in [-0.15, -0.1) is 0 Å². The molecule has 1 aromatic carbocycles. The normalized spacial score (nSPS) is 10.6. The Balaban J connectivity index is 2.00. The molecule has 1 N–H and O–H groups in total. The summed E-state index contributed by atoms with van der Waals surface area (Å²) >= 11 is 0. The number of hydrogen-bond donors (Lipinski definition) is 1. The zero-order valence-corrected chi connectivity index (χ0v) is 11.7. The molecule has 99 valence electrons. The van der Waals surface area contributed by atoms with Crippen molar-refractivity contribution in [3.63, 3.8) is 0 Å². The van der Waals surface area contributed by atoms with Gasteiger partial charge in [0.1, 0.15) is 0 Å². The molecule has 0 aliphatic heterocycles. The predicted molar refractivity (Wildman–Crippen MR) is 80.4 cm³/mol. The second kappa shape index (κ2) is 10.2. The zero-order chi connectivity index (χ0) is 13.1. The van der Waals surface area contributed by atoms with Crippen LogP contribution in [-0.2, 0) is 6.42 Å². The molecule has 0 atom stereocenters. The lowest BCUT2D eigenvalue weighted by Gasteiger charge is -2.03. The first kappa shape index (κ1) is 15.3. The summed E-state index contributed by atoms with van der Waals surface area (Å²) in [5.74, 6) is 0. The molecule has 0 spiro atoms. The van der Waals surface area contributed by atoms with Crippen molar-refractivity contribution in [3.8, 4) is 0 Å². The number of aryl methyl sites for hydroxylation is 1. The van der Waals surface area contributed by atoms with E-state index in [1.54, 1.807) is 0 Å². The van der Waals surface area contributed by atoms with Crippen molar-refractivity contribution in [2.45, 2.75) is 64.7 Å². The Hall–Kier alpha value is -0.755. The maximum Gasteiger partial charge on any atom is 0.326 e. The fourth-order valence-electron chi connectivity index (χ4n) is 2.23. The van der Waals surface area contributed by atoms with Gasteiger partial charge in [0.25, 0.3) is 0 Å². The van der Waals surface area contributed by atoms with Gasteiger partial charge >= 0.3 is 7.48 Å². The molecule has 2 heteroatoms. The summed E-state index contributed by atoms with van der Waals surface area (Å²) in [5, 5.41) is 8.84. The predicted octanol–water partition coefficient (Wildman–Crippen LogP) is 3.61. The highest BCUT2D eigenvalue weighted by atomic mass is 16.2. The lowest BCUT2D eigenvalue weighted by atomic mass is 9.88. The molecule has 0 aromatic heterocycles. The molecule has 0 heterocycles. The summed E-state index contributed by atoms with van der Waals surface area (Å²) in [7, 11) is 1.15. The molecule has 0 aliphatic carbocycles. The van der Waals surface area contributed by atoms with Gasteiger partial charge in [0.15, 0.2) is 0 Å². The maximum atomic E-state index is 8.84. The van der Waals surface area contributed by atoms with Gasteiger partial charge in [-0.1, -0.05) is 81.6 Å². The van der Waals surface area contributed by atoms with Crippen LogP contribution in [0.2, 0.25) is 0 Å². The van der Waals surface area contributed by atoms with Crippen LogP contribution in [0.4, 0.5) is 0 Å². The average Bonchev–Trinajstić information content (AvgIpc) is 2.42. The van der Waals surface area contributed by atoms with Crippen LogP contribution in [0.3, 0.4) is 0 Å². The molecule has 18 heavy (non-hydrogen) atoms. The van der Waals surface area contributed by atoms with Crippen LogP contribution in [0.5, 0.6) is 0 Å². The molecular weight excluding hydrogens is 219 g/mol. The monoisotopic (exact) mass is 245 g/mol. The first-order valence-corrected chi connectivity index (χ1v) is 7.43. The number of unbranched alkanes of at least 4 members (excludes halogenated alkanes) is 7. The molecule has 0 fully saturated rings. The molecule has 0 aliphatic rings. The molecular formula is C16H26BO. The Bertz CT molecular complexity index is 294. The second-order valence-electron chi connectivity index (χ2n) is 5.10. The molecule has 1 radical (unpaired) electrons. The van der Waals surface area contributed by atoms with Gasteiger partial charge in [0, 0.05) is 0 Å². The van der Waals surface area contributed by atoms with Crippen molar-refractivity contribution in [1.82, 2.24) is 0 Å². The summed E-state index contributed by atoms with van der Waals surface area (Å²) in [6.07, 6.45) is 12.1. The van der Waals surface area contributed by atoms with E-state index in [0.29, 0.717) is 0 Å². The third-order valence-corrected chi connectivity index (χ3v) is 3.45. The Morgan fingerprint density at radius 1 is 0.833 bits per heavy atom. The van der Waals surface area contributed by atoms with Gasteiger partial charge in [-0.25, -0.2) is 0 Å². The Labute approximate surface area is 113 Å². The minimum atomic E-state index is 0.884. The fourth-order valence-corrected chi connectivity index (χ4v) is 2.23. The third kappa shape index (κ3) is 6.85. The number of hydrogen-bond acceptors (Lipinski definition) is 1. The van der Waals surface area contributed by atoms with Gasteiger partial charge < -0.3 is 5.02 Å². The summed E-state index contributed by atoms with van der Waals surface area (Å²) in [4.78, 5) is 0. The van der Waals surface area contributed by atoms with Crippen LogP contribution in [0.1, 0.15) is 63.9 Å². The van der Waals surface area contributed by atoms with Crippen molar-refractivity contribution in [2.24, 2.45) is 0 Å². The highest BCUT2D eigenvalue weighted by molar-refractivity contribution is 6.45. The van der Waals surface area contributed by atoms with E-state index in [1.165, 1.54) is 63.4 Å². The van der Waals surface area contributed by atoms with Crippen molar-refractivity contribution in [3.05, 3.63) is 29.8 Å². The minimum Gasteiger partial charge on any atom is -0.450 e. The van der Waals surface area contributed by atoms with E-state index in [2.05, 4.69) is 19.1 Å². The third-order valence-electron chi connectivity index (χ3n) is 3.45. The van der Waals surface area contributed by atoms with Gasteiger partial charge in [-0.2, -0.15) is 0 Å². The van der Waals surface area contributed by atoms with Gasteiger partial charge in [0.05, 0.1) is 0 Å². The summed E-state index contributed by atoms with van der Waals surface area (Å²) in [6, 6.07) is 8.17.